The number of hydrogen-bond acceptors (Lipinski definition) is 7. The van der Waals surface area contributed by atoms with E-state index in [0.29, 0.717) is 17.4 Å². The molecule has 0 aromatic heterocycles. The fourth-order valence-corrected chi connectivity index (χ4v) is 3.94. The van der Waals surface area contributed by atoms with Gasteiger partial charge in [-0.05, 0) is 12.8 Å². The molecule has 0 heterocycles. The average molecular weight is 482 g/mol. The highest BCUT2D eigenvalue weighted by atomic mass is 31.2. The molecule has 0 bridgehead atoms. The number of ether oxygens (including phenoxy) is 2. The Kier molecular flexibility index (Phi) is 18.3. The Morgan fingerprint density at radius 1 is 0.875 bits per heavy atom. The summed E-state index contributed by atoms with van der Waals surface area (Å²) < 4.78 is 32.1. The third-order valence-corrected chi connectivity index (χ3v) is 6.20. The molecular formula is C23H48NO7P. The van der Waals surface area contributed by atoms with Crippen LogP contribution < -0.4 is 4.89 Å². The van der Waals surface area contributed by atoms with E-state index >= 15 is 0 Å². The second-order valence-corrected chi connectivity index (χ2v) is 10.9. The predicted molar refractivity (Wildman–Crippen MR) is 125 cm³/mol. The lowest BCUT2D eigenvalue weighted by Gasteiger charge is -2.28. The highest BCUT2D eigenvalue weighted by Crippen LogP contribution is 2.38. The van der Waals surface area contributed by atoms with Crippen LogP contribution in [0.15, 0.2) is 0 Å². The topological polar surface area (TPSA) is 94.1 Å². The van der Waals surface area contributed by atoms with E-state index < -0.39 is 20.1 Å². The number of rotatable bonds is 21. The number of phosphoric acid groups is 1. The van der Waals surface area contributed by atoms with Crippen LogP contribution in [0.1, 0.15) is 90.4 Å². The summed E-state index contributed by atoms with van der Waals surface area (Å²) in [6.45, 7) is 2.53. The molecule has 0 aromatic carbocycles. The van der Waals surface area contributed by atoms with Gasteiger partial charge in [0, 0.05) is 0 Å². The number of carbonyl (C=O) groups is 1. The minimum absolute atomic E-state index is 0.0333. The smallest absolute Gasteiger partial charge is 0.508 e. The molecule has 32 heavy (non-hydrogen) atoms. The van der Waals surface area contributed by atoms with Crippen molar-refractivity contribution in [2.45, 2.75) is 96.5 Å². The van der Waals surface area contributed by atoms with Crippen molar-refractivity contribution in [3.63, 3.8) is 0 Å². The fourth-order valence-electron chi connectivity index (χ4n) is 3.21. The van der Waals surface area contributed by atoms with Gasteiger partial charge in [-0.1, -0.05) is 77.6 Å². The molecule has 0 fully saturated rings. The standard InChI is InChI=1S/C23H48NO7P/c1-6-7-8-9-10-11-12-13-14-15-16-17-18-22(31-23(25)28-5)21-30-32(26,27)29-20-19-24(2,3)4/h22H,6-21H2,1-5H3. The van der Waals surface area contributed by atoms with Crippen LogP contribution in [-0.4, -0.2) is 64.8 Å². The van der Waals surface area contributed by atoms with E-state index in [1.807, 2.05) is 21.1 Å². The molecule has 0 saturated carbocycles. The van der Waals surface area contributed by atoms with Crippen LogP contribution in [0.3, 0.4) is 0 Å². The molecule has 0 saturated heterocycles. The second kappa shape index (κ2) is 18.7. The molecule has 0 radical (unpaired) electrons. The molecule has 0 amide bonds. The highest BCUT2D eigenvalue weighted by molar-refractivity contribution is 7.45. The molecule has 0 rings (SSSR count). The lowest BCUT2D eigenvalue weighted by Crippen LogP contribution is -2.37. The van der Waals surface area contributed by atoms with E-state index in [-0.39, 0.29) is 13.2 Å². The van der Waals surface area contributed by atoms with Crippen LogP contribution in [0, 0.1) is 0 Å². The van der Waals surface area contributed by atoms with Gasteiger partial charge in [0.05, 0.1) is 34.9 Å². The lowest BCUT2D eigenvalue weighted by molar-refractivity contribution is -0.870. The summed E-state index contributed by atoms with van der Waals surface area (Å²) in [5.41, 5.74) is 0. The Morgan fingerprint density at radius 3 is 1.84 bits per heavy atom. The summed E-state index contributed by atoms with van der Waals surface area (Å²) in [5.74, 6) is 0. The van der Waals surface area contributed by atoms with Crippen molar-refractivity contribution in [2.75, 3.05) is 48.0 Å². The minimum Gasteiger partial charge on any atom is -0.756 e. The van der Waals surface area contributed by atoms with Gasteiger partial charge in [0.15, 0.2) is 0 Å². The minimum atomic E-state index is -4.45. The Labute approximate surface area is 196 Å². The monoisotopic (exact) mass is 481 g/mol. The van der Waals surface area contributed by atoms with Crippen LogP contribution in [0.25, 0.3) is 0 Å². The molecule has 2 atom stereocenters. The number of unbranched alkanes of at least 4 members (excludes halogenated alkanes) is 11. The van der Waals surface area contributed by atoms with Crippen molar-refractivity contribution in [1.82, 2.24) is 0 Å². The number of methoxy groups -OCH3 is 1. The quantitative estimate of drug-likeness (QED) is 0.0933. The number of hydrogen-bond donors (Lipinski definition) is 0. The van der Waals surface area contributed by atoms with Gasteiger partial charge in [0.25, 0.3) is 7.82 Å². The van der Waals surface area contributed by atoms with Crippen molar-refractivity contribution in [3.05, 3.63) is 0 Å². The molecule has 0 aliphatic carbocycles. The van der Waals surface area contributed by atoms with Crippen molar-refractivity contribution in [1.29, 1.82) is 0 Å². The maximum Gasteiger partial charge on any atom is 0.508 e. The normalized spacial score (nSPS) is 14.7. The predicted octanol–water partition coefficient (Wildman–Crippen LogP) is 5.44. The summed E-state index contributed by atoms with van der Waals surface area (Å²) in [6, 6.07) is 0. The Morgan fingerprint density at radius 2 is 1.38 bits per heavy atom. The van der Waals surface area contributed by atoms with E-state index in [1.54, 1.807) is 0 Å². The fraction of sp³-hybridized carbons (Fsp3) is 0.957. The molecule has 2 unspecified atom stereocenters. The summed E-state index contributed by atoms with van der Waals surface area (Å²) in [4.78, 5) is 23.4. The van der Waals surface area contributed by atoms with E-state index in [0.717, 1.165) is 19.3 Å². The van der Waals surface area contributed by atoms with Crippen molar-refractivity contribution in [3.8, 4) is 0 Å². The molecule has 9 heteroatoms. The zero-order chi connectivity index (χ0) is 24.3. The number of likely N-dealkylation sites (N-methyl/N-ethyl adjacent to an activating group) is 1. The third kappa shape index (κ3) is 21.2. The van der Waals surface area contributed by atoms with Gasteiger partial charge < -0.3 is 27.9 Å². The van der Waals surface area contributed by atoms with Crippen molar-refractivity contribution in [2.24, 2.45) is 0 Å². The van der Waals surface area contributed by atoms with Gasteiger partial charge in [0.1, 0.15) is 19.3 Å². The summed E-state index contributed by atoms with van der Waals surface area (Å²) in [5, 5.41) is 0. The van der Waals surface area contributed by atoms with Crippen molar-refractivity contribution >= 4 is 14.0 Å². The summed E-state index contributed by atoms with van der Waals surface area (Å²) in [6.07, 6.45) is 13.7. The van der Waals surface area contributed by atoms with Gasteiger partial charge in [-0.15, -0.1) is 0 Å². The maximum absolute atomic E-state index is 12.0. The van der Waals surface area contributed by atoms with Crippen LogP contribution in [-0.2, 0) is 23.1 Å². The molecule has 0 aromatic rings. The SMILES string of the molecule is CCCCCCCCCCCCCCC(COP(=O)([O-])OCC[N+](C)(C)C)OC(=O)OC. The first-order valence-corrected chi connectivity index (χ1v) is 13.7. The maximum atomic E-state index is 12.0. The Balaban J connectivity index is 4.04. The molecule has 0 aliphatic rings. The average Bonchev–Trinajstić information content (AvgIpc) is 2.71. The van der Waals surface area contributed by atoms with Crippen LogP contribution in [0.5, 0.6) is 0 Å². The zero-order valence-corrected chi connectivity index (χ0v) is 22.0. The molecule has 0 aliphatic heterocycles. The number of carbonyl (C=O) groups excluding carboxylic acids is 1. The lowest BCUT2D eigenvalue weighted by atomic mass is 10.0. The number of phosphoric ester groups is 1. The number of quaternary nitrogens is 1. The molecule has 8 nitrogen and oxygen atoms in total. The Bertz CT molecular complexity index is 511. The third-order valence-electron chi connectivity index (χ3n) is 5.24. The first-order valence-electron chi connectivity index (χ1n) is 12.2. The Hall–Kier alpha value is -0.660. The first kappa shape index (κ1) is 31.3. The largest absolute Gasteiger partial charge is 0.756 e. The first-order chi connectivity index (χ1) is 15.1. The molecule has 192 valence electrons. The van der Waals surface area contributed by atoms with Gasteiger partial charge in [-0.3, -0.25) is 4.57 Å². The van der Waals surface area contributed by atoms with Gasteiger partial charge in [-0.2, -0.15) is 0 Å². The molecule has 0 N–H and O–H groups in total. The van der Waals surface area contributed by atoms with Gasteiger partial charge >= 0.3 is 6.16 Å². The van der Waals surface area contributed by atoms with Gasteiger partial charge in [0.2, 0.25) is 0 Å². The number of nitrogens with zero attached hydrogens (tertiary/aromatic N) is 1. The summed E-state index contributed by atoms with van der Waals surface area (Å²) in [7, 11) is 2.59. The van der Waals surface area contributed by atoms with Crippen LogP contribution >= 0.6 is 7.82 Å². The van der Waals surface area contributed by atoms with E-state index in [4.69, 9.17) is 13.8 Å². The van der Waals surface area contributed by atoms with Gasteiger partial charge in [-0.25, -0.2) is 4.79 Å². The molecule has 0 spiro atoms. The molecular weight excluding hydrogens is 433 g/mol. The zero-order valence-electron chi connectivity index (χ0n) is 21.1. The van der Waals surface area contributed by atoms with E-state index in [1.165, 1.54) is 64.9 Å². The van der Waals surface area contributed by atoms with Crippen LogP contribution in [0.2, 0.25) is 0 Å². The highest BCUT2D eigenvalue weighted by Gasteiger charge is 2.20. The second-order valence-electron chi connectivity index (χ2n) is 9.46. The van der Waals surface area contributed by atoms with E-state index in [9.17, 15) is 14.3 Å². The summed E-state index contributed by atoms with van der Waals surface area (Å²) >= 11 is 0. The van der Waals surface area contributed by atoms with E-state index in [2.05, 4.69) is 11.7 Å². The van der Waals surface area contributed by atoms with Crippen LogP contribution in [0.4, 0.5) is 4.79 Å². The van der Waals surface area contributed by atoms with Crippen molar-refractivity contribution < 1.29 is 37.3 Å².